The minimum Gasteiger partial charge on any atom is -0.483 e. The summed E-state index contributed by atoms with van der Waals surface area (Å²) < 4.78 is 5.42. The predicted octanol–water partition coefficient (Wildman–Crippen LogP) is 2.32. The van der Waals surface area contributed by atoms with E-state index in [9.17, 15) is 9.59 Å². The molecule has 2 aromatic rings. The number of nitrogens with two attached hydrogens (primary N) is 1. The first-order valence-corrected chi connectivity index (χ1v) is 9.12. The molecule has 0 radical (unpaired) electrons. The lowest BCUT2D eigenvalue weighted by atomic mass is 10.1. The fraction of sp³-hybridized carbons (Fsp3) is 0.333. The molecule has 0 saturated carbocycles. The highest BCUT2D eigenvalue weighted by Gasteiger charge is 2.10. The summed E-state index contributed by atoms with van der Waals surface area (Å²) >= 11 is 0. The van der Waals surface area contributed by atoms with Gasteiger partial charge in [-0.1, -0.05) is 50.2 Å². The predicted molar refractivity (Wildman–Crippen MR) is 105 cm³/mol. The van der Waals surface area contributed by atoms with Crippen molar-refractivity contribution in [1.82, 2.24) is 10.2 Å². The summed E-state index contributed by atoms with van der Waals surface area (Å²) in [6, 6.07) is 14.8. The van der Waals surface area contributed by atoms with Crippen LogP contribution in [0.2, 0.25) is 0 Å². The fourth-order valence-corrected chi connectivity index (χ4v) is 2.66. The van der Waals surface area contributed by atoms with E-state index in [1.54, 1.807) is 24.3 Å². The number of nitrogens with zero attached hydrogens (tertiary/aromatic N) is 1. The fourth-order valence-electron chi connectivity index (χ4n) is 2.66. The first-order valence-electron chi connectivity index (χ1n) is 9.12. The third-order valence-corrected chi connectivity index (χ3v) is 4.32. The van der Waals surface area contributed by atoms with E-state index in [4.69, 9.17) is 10.5 Å². The van der Waals surface area contributed by atoms with Gasteiger partial charge in [0.15, 0.2) is 6.61 Å². The van der Waals surface area contributed by atoms with Crippen LogP contribution in [0.15, 0.2) is 48.5 Å². The maximum absolute atomic E-state index is 12.0. The molecule has 0 aliphatic carbocycles. The first kappa shape index (κ1) is 20.5. The van der Waals surface area contributed by atoms with Gasteiger partial charge in [0, 0.05) is 13.1 Å². The summed E-state index contributed by atoms with van der Waals surface area (Å²) in [5.41, 5.74) is 7.82. The van der Waals surface area contributed by atoms with E-state index in [1.807, 2.05) is 12.1 Å². The molecule has 2 rings (SSSR count). The number of carbonyl (C=O) groups excluding carboxylic acids is 2. The molecule has 27 heavy (non-hydrogen) atoms. The SMILES string of the molecule is CCN(CC)Cc1ccc(CNC(=O)COc2ccccc2C(N)=O)cc1. The minimum absolute atomic E-state index is 0.176. The summed E-state index contributed by atoms with van der Waals surface area (Å²) in [5.74, 6) is -0.543. The van der Waals surface area contributed by atoms with Gasteiger partial charge >= 0.3 is 0 Å². The van der Waals surface area contributed by atoms with E-state index in [1.165, 1.54) is 5.56 Å². The van der Waals surface area contributed by atoms with Gasteiger partial charge in [-0.15, -0.1) is 0 Å². The van der Waals surface area contributed by atoms with Gasteiger partial charge in [-0.25, -0.2) is 0 Å². The quantitative estimate of drug-likeness (QED) is 0.673. The molecule has 0 aromatic heterocycles. The van der Waals surface area contributed by atoms with Crippen molar-refractivity contribution in [2.24, 2.45) is 5.73 Å². The molecular formula is C21H27N3O3. The number of hydrogen-bond acceptors (Lipinski definition) is 4. The summed E-state index contributed by atoms with van der Waals surface area (Å²) in [4.78, 5) is 25.7. The van der Waals surface area contributed by atoms with Crippen LogP contribution in [0, 0.1) is 0 Å². The molecule has 144 valence electrons. The van der Waals surface area contributed by atoms with Crippen LogP contribution in [0.1, 0.15) is 35.3 Å². The molecular weight excluding hydrogens is 342 g/mol. The van der Waals surface area contributed by atoms with Crippen LogP contribution in [-0.2, 0) is 17.9 Å². The summed E-state index contributed by atoms with van der Waals surface area (Å²) in [6.45, 7) is 7.51. The second-order valence-electron chi connectivity index (χ2n) is 6.20. The van der Waals surface area contributed by atoms with Crippen molar-refractivity contribution in [3.63, 3.8) is 0 Å². The van der Waals surface area contributed by atoms with E-state index in [0.29, 0.717) is 12.3 Å². The summed E-state index contributed by atoms with van der Waals surface area (Å²) in [5, 5.41) is 2.81. The zero-order valence-corrected chi connectivity index (χ0v) is 15.9. The van der Waals surface area contributed by atoms with Gasteiger partial charge in [-0.05, 0) is 36.3 Å². The molecule has 0 fully saturated rings. The Morgan fingerprint density at radius 2 is 1.63 bits per heavy atom. The number of amides is 2. The molecule has 2 amide bonds. The Morgan fingerprint density at radius 3 is 2.26 bits per heavy atom. The largest absolute Gasteiger partial charge is 0.483 e. The Labute approximate surface area is 160 Å². The molecule has 0 aliphatic rings. The van der Waals surface area contributed by atoms with Crippen LogP contribution in [0.25, 0.3) is 0 Å². The van der Waals surface area contributed by atoms with Crippen molar-refractivity contribution < 1.29 is 14.3 Å². The molecule has 6 heteroatoms. The van der Waals surface area contributed by atoms with Crippen molar-refractivity contribution in [2.75, 3.05) is 19.7 Å². The highest BCUT2D eigenvalue weighted by Crippen LogP contribution is 2.16. The molecule has 6 nitrogen and oxygen atoms in total. The van der Waals surface area contributed by atoms with Crippen molar-refractivity contribution in [1.29, 1.82) is 0 Å². The number of nitrogens with one attached hydrogen (secondary N) is 1. The monoisotopic (exact) mass is 369 g/mol. The van der Waals surface area contributed by atoms with Crippen molar-refractivity contribution in [2.45, 2.75) is 26.9 Å². The lowest BCUT2D eigenvalue weighted by Crippen LogP contribution is -2.29. The second kappa shape index (κ2) is 10.3. The highest BCUT2D eigenvalue weighted by atomic mass is 16.5. The molecule has 0 heterocycles. The Balaban J connectivity index is 1.81. The number of carbonyl (C=O) groups is 2. The minimum atomic E-state index is -0.587. The van der Waals surface area contributed by atoms with E-state index < -0.39 is 5.91 Å². The molecule has 0 aliphatic heterocycles. The van der Waals surface area contributed by atoms with Crippen molar-refractivity contribution >= 4 is 11.8 Å². The van der Waals surface area contributed by atoms with Gasteiger partial charge < -0.3 is 15.8 Å². The van der Waals surface area contributed by atoms with Gasteiger partial charge in [-0.3, -0.25) is 14.5 Å². The van der Waals surface area contributed by atoms with Crippen LogP contribution in [-0.4, -0.2) is 36.4 Å². The third kappa shape index (κ3) is 6.42. The Hall–Kier alpha value is -2.86. The van der Waals surface area contributed by atoms with E-state index >= 15 is 0 Å². The molecule has 0 spiro atoms. The Bertz CT molecular complexity index is 756. The summed E-state index contributed by atoms with van der Waals surface area (Å²) in [7, 11) is 0. The molecule has 0 saturated heterocycles. The van der Waals surface area contributed by atoms with Gasteiger partial charge in [0.2, 0.25) is 0 Å². The summed E-state index contributed by atoms with van der Waals surface area (Å²) in [6.07, 6.45) is 0. The van der Waals surface area contributed by atoms with Crippen LogP contribution in [0.5, 0.6) is 5.75 Å². The van der Waals surface area contributed by atoms with Crippen molar-refractivity contribution in [3.8, 4) is 5.75 Å². The smallest absolute Gasteiger partial charge is 0.258 e. The molecule has 0 unspecified atom stereocenters. The van der Waals surface area contributed by atoms with Crippen LogP contribution < -0.4 is 15.8 Å². The third-order valence-electron chi connectivity index (χ3n) is 4.32. The number of ether oxygens (including phenoxy) is 1. The Kier molecular flexibility index (Phi) is 7.82. The normalized spacial score (nSPS) is 10.6. The lowest BCUT2D eigenvalue weighted by Gasteiger charge is -2.18. The average molecular weight is 369 g/mol. The standard InChI is InChI=1S/C21H27N3O3/c1-3-24(4-2)14-17-11-9-16(10-12-17)13-23-20(25)15-27-19-8-6-5-7-18(19)21(22)26/h5-12H,3-4,13-15H2,1-2H3,(H2,22,26)(H,23,25). The average Bonchev–Trinajstić information content (AvgIpc) is 2.69. The van der Waals surface area contributed by atoms with Gasteiger partial charge in [0.25, 0.3) is 11.8 Å². The van der Waals surface area contributed by atoms with E-state index in [0.717, 1.165) is 25.2 Å². The number of primary amides is 1. The zero-order chi connectivity index (χ0) is 19.6. The second-order valence-corrected chi connectivity index (χ2v) is 6.20. The molecule has 2 aromatic carbocycles. The van der Waals surface area contributed by atoms with Gasteiger partial charge in [0.1, 0.15) is 5.75 Å². The number of hydrogen-bond donors (Lipinski definition) is 2. The topological polar surface area (TPSA) is 84.7 Å². The number of benzene rings is 2. The van der Waals surface area contributed by atoms with E-state index in [-0.39, 0.29) is 18.1 Å². The van der Waals surface area contributed by atoms with E-state index in [2.05, 4.69) is 36.2 Å². The van der Waals surface area contributed by atoms with Gasteiger partial charge in [-0.2, -0.15) is 0 Å². The number of rotatable bonds is 10. The molecule has 0 atom stereocenters. The first-order chi connectivity index (χ1) is 13.0. The van der Waals surface area contributed by atoms with Crippen LogP contribution in [0.3, 0.4) is 0 Å². The zero-order valence-electron chi connectivity index (χ0n) is 15.9. The van der Waals surface area contributed by atoms with Crippen LogP contribution >= 0.6 is 0 Å². The van der Waals surface area contributed by atoms with Crippen LogP contribution in [0.4, 0.5) is 0 Å². The number of para-hydroxylation sites is 1. The molecule has 3 N–H and O–H groups in total. The molecule has 0 bridgehead atoms. The lowest BCUT2D eigenvalue weighted by molar-refractivity contribution is -0.123. The highest BCUT2D eigenvalue weighted by molar-refractivity contribution is 5.95. The van der Waals surface area contributed by atoms with Gasteiger partial charge in [0.05, 0.1) is 5.56 Å². The Morgan fingerprint density at radius 1 is 1.00 bits per heavy atom. The maximum Gasteiger partial charge on any atom is 0.258 e. The van der Waals surface area contributed by atoms with Crippen molar-refractivity contribution in [3.05, 3.63) is 65.2 Å². The maximum atomic E-state index is 12.0.